The summed E-state index contributed by atoms with van der Waals surface area (Å²) in [6, 6.07) is 8.43. The van der Waals surface area contributed by atoms with E-state index in [2.05, 4.69) is 49.7 Å². The number of alkyl halides is 1. The normalized spacial score (nSPS) is 10.4. The van der Waals surface area contributed by atoms with Crippen LogP contribution in [0.2, 0.25) is 0 Å². The van der Waals surface area contributed by atoms with Gasteiger partial charge in [0.15, 0.2) is 0 Å². The number of halogens is 1. The largest absolute Gasteiger partial charge is 0.304 e. The fraction of sp³-hybridized carbons (Fsp3) is 0.182. The molecule has 14 heavy (non-hydrogen) atoms. The Hall–Kier alpha value is -1.09. The molecule has 0 N–H and O–H groups in total. The Morgan fingerprint density at radius 1 is 1.29 bits per heavy atom. The standard InChI is InChI=1S/C11H11BrN2/c1-9-13-6-7-14(9)11-4-2-10(8-12)3-5-11/h2-7H,8H2,1H3. The van der Waals surface area contributed by atoms with E-state index in [1.54, 1.807) is 0 Å². The fourth-order valence-electron chi connectivity index (χ4n) is 1.40. The predicted molar refractivity (Wildman–Crippen MR) is 60.9 cm³/mol. The maximum atomic E-state index is 4.19. The van der Waals surface area contributed by atoms with Crippen LogP contribution in [0.3, 0.4) is 0 Å². The molecule has 2 rings (SSSR count). The van der Waals surface area contributed by atoms with Gasteiger partial charge in [0.1, 0.15) is 5.82 Å². The molecule has 72 valence electrons. The second kappa shape index (κ2) is 3.96. The van der Waals surface area contributed by atoms with Crippen LogP contribution in [0.5, 0.6) is 0 Å². The Labute approximate surface area is 91.7 Å². The summed E-state index contributed by atoms with van der Waals surface area (Å²) >= 11 is 3.43. The lowest BCUT2D eigenvalue weighted by atomic mass is 10.2. The van der Waals surface area contributed by atoms with Crippen LogP contribution in [0, 0.1) is 6.92 Å². The van der Waals surface area contributed by atoms with E-state index < -0.39 is 0 Å². The number of imidazole rings is 1. The molecule has 0 saturated heterocycles. The van der Waals surface area contributed by atoms with Crippen LogP contribution < -0.4 is 0 Å². The summed E-state index contributed by atoms with van der Waals surface area (Å²) in [5.74, 6) is 1.01. The molecular formula is C11H11BrN2. The first kappa shape index (κ1) is 9.46. The quantitative estimate of drug-likeness (QED) is 0.750. The van der Waals surface area contributed by atoms with Crippen molar-refractivity contribution in [1.82, 2.24) is 9.55 Å². The minimum Gasteiger partial charge on any atom is -0.304 e. The number of hydrogen-bond donors (Lipinski definition) is 0. The molecular weight excluding hydrogens is 240 g/mol. The van der Waals surface area contributed by atoms with E-state index in [4.69, 9.17) is 0 Å². The molecule has 0 spiro atoms. The molecule has 2 aromatic rings. The third-order valence-corrected chi connectivity index (χ3v) is 2.84. The summed E-state index contributed by atoms with van der Waals surface area (Å²) in [5.41, 5.74) is 2.44. The molecule has 0 saturated carbocycles. The van der Waals surface area contributed by atoms with Crippen molar-refractivity contribution in [1.29, 1.82) is 0 Å². The van der Waals surface area contributed by atoms with E-state index in [1.165, 1.54) is 5.56 Å². The number of nitrogens with zero attached hydrogens (tertiary/aromatic N) is 2. The summed E-state index contributed by atoms with van der Waals surface area (Å²) in [5, 5.41) is 0.899. The Morgan fingerprint density at radius 2 is 2.00 bits per heavy atom. The Kier molecular flexibility index (Phi) is 2.68. The van der Waals surface area contributed by atoms with Crippen molar-refractivity contribution in [3.8, 4) is 5.69 Å². The highest BCUT2D eigenvalue weighted by atomic mass is 79.9. The van der Waals surface area contributed by atoms with Crippen molar-refractivity contribution in [3.63, 3.8) is 0 Å². The SMILES string of the molecule is Cc1nccn1-c1ccc(CBr)cc1. The van der Waals surface area contributed by atoms with Crippen LogP contribution >= 0.6 is 15.9 Å². The lowest BCUT2D eigenvalue weighted by Gasteiger charge is -2.05. The molecule has 0 bridgehead atoms. The van der Waals surface area contributed by atoms with Gasteiger partial charge in [0.2, 0.25) is 0 Å². The van der Waals surface area contributed by atoms with Gasteiger partial charge >= 0.3 is 0 Å². The first-order valence-electron chi connectivity index (χ1n) is 4.46. The maximum Gasteiger partial charge on any atom is 0.110 e. The Balaban J connectivity index is 2.39. The van der Waals surface area contributed by atoms with Gasteiger partial charge in [-0.2, -0.15) is 0 Å². The summed E-state index contributed by atoms with van der Waals surface area (Å²) in [6.07, 6.45) is 3.78. The van der Waals surface area contributed by atoms with E-state index in [-0.39, 0.29) is 0 Å². The molecule has 0 fully saturated rings. The average molecular weight is 251 g/mol. The van der Waals surface area contributed by atoms with Gasteiger partial charge in [-0.3, -0.25) is 0 Å². The summed E-state index contributed by atoms with van der Waals surface area (Å²) in [6.45, 7) is 2.00. The van der Waals surface area contributed by atoms with Gasteiger partial charge in [0, 0.05) is 23.4 Å². The number of benzene rings is 1. The number of aromatic nitrogens is 2. The average Bonchev–Trinajstić information content (AvgIpc) is 2.65. The molecule has 0 aliphatic heterocycles. The summed E-state index contributed by atoms with van der Waals surface area (Å²) in [7, 11) is 0. The van der Waals surface area contributed by atoms with Gasteiger partial charge in [-0.25, -0.2) is 4.98 Å². The minimum absolute atomic E-state index is 0.899. The Bertz CT molecular complexity index is 417. The van der Waals surface area contributed by atoms with E-state index in [9.17, 15) is 0 Å². The van der Waals surface area contributed by atoms with Gasteiger partial charge in [-0.05, 0) is 24.6 Å². The fourth-order valence-corrected chi connectivity index (χ4v) is 1.77. The minimum atomic E-state index is 0.899. The van der Waals surface area contributed by atoms with Crippen LogP contribution in [0.4, 0.5) is 0 Å². The van der Waals surface area contributed by atoms with Crippen molar-refractivity contribution in [2.75, 3.05) is 0 Å². The third-order valence-electron chi connectivity index (χ3n) is 2.19. The van der Waals surface area contributed by atoms with Gasteiger partial charge < -0.3 is 4.57 Å². The van der Waals surface area contributed by atoms with Crippen molar-refractivity contribution in [2.24, 2.45) is 0 Å². The van der Waals surface area contributed by atoms with Crippen LogP contribution in [0.15, 0.2) is 36.7 Å². The van der Waals surface area contributed by atoms with Gasteiger partial charge in [-0.15, -0.1) is 0 Å². The highest BCUT2D eigenvalue weighted by molar-refractivity contribution is 9.08. The number of hydrogen-bond acceptors (Lipinski definition) is 1. The van der Waals surface area contributed by atoms with Gasteiger partial charge in [0.05, 0.1) is 0 Å². The van der Waals surface area contributed by atoms with Crippen molar-refractivity contribution in [2.45, 2.75) is 12.3 Å². The zero-order chi connectivity index (χ0) is 9.97. The number of rotatable bonds is 2. The van der Waals surface area contributed by atoms with Crippen LogP contribution in [0.1, 0.15) is 11.4 Å². The highest BCUT2D eigenvalue weighted by Crippen LogP contribution is 2.13. The monoisotopic (exact) mass is 250 g/mol. The summed E-state index contributed by atoms with van der Waals surface area (Å²) in [4.78, 5) is 4.19. The van der Waals surface area contributed by atoms with Crippen LogP contribution in [-0.2, 0) is 5.33 Å². The molecule has 1 heterocycles. The zero-order valence-electron chi connectivity index (χ0n) is 7.94. The number of aryl methyl sites for hydroxylation is 1. The second-order valence-corrected chi connectivity index (χ2v) is 3.71. The summed E-state index contributed by atoms with van der Waals surface area (Å²) < 4.78 is 2.07. The third kappa shape index (κ3) is 1.73. The van der Waals surface area contributed by atoms with E-state index in [1.807, 2.05) is 19.3 Å². The smallest absolute Gasteiger partial charge is 0.110 e. The zero-order valence-corrected chi connectivity index (χ0v) is 9.53. The molecule has 0 aliphatic carbocycles. The Morgan fingerprint density at radius 3 is 2.50 bits per heavy atom. The van der Waals surface area contributed by atoms with Gasteiger partial charge in [0.25, 0.3) is 0 Å². The lowest BCUT2D eigenvalue weighted by molar-refractivity contribution is 0.974. The van der Waals surface area contributed by atoms with Crippen molar-refractivity contribution < 1.29 is 0 Å². The molecule has 0 radical (unpaired) electrons. The molecule has 3 heteroatoms. The first-order chi connectivity index (χ1) is 6.81. The lowest BCUT2D eigenvalue weighted by Crippen LogP contribution is -1.95. The topological polar surface area (TPSA) is 17.8 Å². The van der Waals surface area contributed by atoms with E-state index in [0.29, 0.717) is 0 Å². The second-order valence-electron chi connectivity index (χ2n) is 3.14. The molecule has 1 aromatic heterocycles. The van der Waals surface area contributed by atoms with Crippen molar-refractivity contribution >= 4 is 15.9 Å². The first-order valence-corrected chi connectivity index (χ1v) is 5.58. The van der Waals surface area contributed by atoms with Gasteiger partial charge in [-0.1, -0.05) is 28.1 Å². The molecule has 2 nitrogen and oxygen atoms in total. The molecule has 0 amide bonds. The maximum absolute atomic E-state index is 4.19. The van der Waals surface area contributed by atoms with E-state index >= 15 is 0 Å². The van der Waals surface area contributed by atoms with Crippen LogP contribution in [-0.4, -0.2) is 9.55 Å². The van der Waals surface area contributed by atoms with Crippen molar-refractivity contribution in [3.05, 3.63) is 48.0 Å². The molecule has 0 aliphatic rings. The van der Waals surface area contributed by atoms with Crippen LogP contribution in [0.25, 0.3) is 5.69 Å². The molecule has 1 aromatic carbocycles. The highest BCUT2D eigenvalue weighted by Gasteiger charge is 1.99. The molecule has 0 atom stereocenters. The molecule has 0 unspecified atom stereocenters. The predicted octanol–water partition coefficient (Wildman–Crippen LogP) is 3.08. The van der Waals surface area contributed by atoms with E-state index in [0.717, 1.165) is 16.8 Å².